The van der Waals surface area contributed by atoms with Crippen LogP contribution < -0.4 is 10.2 Å². The van der Waals surface area contributed by atoms with Gasteiger partial charge in [0.05, 0.1) is 0 Å². The lowest BCUT2D eigenvalue weighted by atomic mass is 10.1. The molecule has 0 amide bonds. The SMILES string of the molecule is CCCN(c1ncccn1)C1CCNCC1.Cl. The normalized spacial score (nSPS) is 16.3. The molecule has 17 heavy (non-hydrogen) atoms. The van der Waals surface area contributed by atoms with Gasteiger partial charge in [0.2, 0.25) is 5.95 Å². The third kappa shape index (κ3) is 3.82. The molecule has 0 bridgehead atoms. The minimum atomic E-state index is 0. The largest absolute Gasteiger partial charge is 0.338 e. The van der Waals surface area contributed by atoms with Crippen LogP contribution in [0, 0.1) is 0 Å². The van der Waals surface area contributed by atoms with Crippen LogP contribution in [-0.4, -0.2) is 35.6 Å². The van der Waals surface area contributed by atoms with Gasteiger partial charge in [-0.25, -0.2) is 9.97 Å². The van der Waals surface area contributed by atoms with E-state index in [-0.39, 0.29) is 12.4 Å². The van der Waals surface area contributed by atoms with Gasteiger partial charge in [-0.05, 0) is 38.4 Å². The van der Waals surface area contributed by atoms with Crippen molar-refractivity contribution in [3.05, 3.63) is 18.5 Å². The van der Waals surface area contributed by atoms with Gasteiger partial charge in [-0.1, -0.05) is 6.92 Å². The maximum atomic E-state index is 4.37. The number of halogens is 1. The lowest BCUT2D eigenvalue weighted by Gasteiger charge is -2.34. The Balaban J connectivity index is 0.00000144. The minimum absolute atomic E-state index is 0. The van der Waals surface area contributed by atoms with Crippen molar-refractivity contribution in [1.29, 1.82) is 0 Å². The van der Waals surface area contributed by atoms with Crippen molar-refractivity contribution in [3.8, 4) is 0 Å². The smallest absolute Gasteiger partial charge is 0.225 e. The van der Waals surface area contributed by atoms with E-state index in [2.05, 4.69) is 27.1 Å². The number of anilines is 1. The van der Waals surface area contributed by atoms with Gasteiger partial charge in [0, 0.05) is 25.0 Å². The summed E-state index contributed by atoms with van der Waals surface area (Å²) in [5.41, 5.74) is 0. The summed E-state index contributed by atoms with van der Waals surface area (Å²) < 4.78 is 0. The van der Waals surface area contributed by atoms with Gasteiger partial charge >= 0.3 is 0 Å². The summed E-state index contributed by atoms with van der Waals surface area (Å²) in [5, 5.41) is 3.40. The zero-order valence-electron chi connectivity index (χ0n) is 10.3. The third-order valence-electron chi connectivity index (χ3n) is 3.02. The molecular formula is C12H21ClN4. The average molecular weight is 257 g/mol. The van der Waals surface area contributed by atoms with E-state index >= 15 is 0 Å². The van der Waals surface area contributed by atoms with Crippen molar-refractivity contribution in [2.24, 2.45) is 0 Å². The molecule has 96 valence electrons. The van der Waals surface area contributed by atoms with Crippen LogP contribution in [0.25, 0.3) is 0 Å². The van der Waals surface area contributed by atoms with E-state index < -0.39 is 0 Å². The summed E-state index contributed by atoms with van der Waals surface area (Å²) in [7, 11) is 0. The fourth-order valence-electron chi connectivity index (χ4n) is 2.24. The summed E-state index contributed by atoms with van der Waals surface area (Å²) >= 11 is 0. The molecule has 5 heteroatoms. The zero-order chi connectivity index (χ0) is 11.2. The molecule has 2 heterocycles. The molecule has 1 saturated heterocycles. The Labute approximate surface area is 109 Å². The van der Waals surface area contributed by atoms with Crippen molar-refractivity contribution in [1.82, 2.24) is 15.3 Å². The second-order valence-corrected chi connectivity index (χ2v) is 4.22. The molecule has 0 aromatic carbocycles. The van der Waals surface area contributed by atoms with Gasteiger partial charge in [-0.2, -0.15) is 0 Å². The minimum Gasteiger partial charge on any atom is -0.338 e. The summed E-state index contributed by atoms with van der Waals surface area (Å²) in [4.78, 5) is 11.1. The number of nitrogens with zero attached hydrogens (tertiary/aromatic N) is 3. The molecule has 1 fully saturated rings. The van der Waals surface area contributed by atoms with Gasteiger partial charge in [-0.15, -0.1) is 12.4 Å². The summed E-state index contributed by atoms with van der Waals surface area (Å²) in [5.74, 6) is 0.885. The van der Waals surface area contributed by atoms with E-state index in [9.17, 15) is 0 Å². The van der Waals surface area contributed by atoms with Crippen molar-refractivity contribution in [2.45, 2.75) is 32.2 Å². The molecule has 0 spiro atoms. The van der Waals surface area contributed by atoms with Gasteiger partial charge in [0.1, 0.15) is 0 Å². The first kappa shape index (κ1) is 14.2. The Bertz CT molecular complexity index is 301. The second kappa shape index (κ2) is 7.45. The van der Waals surface area contributed by atoms with Gasteiger partial charge < -0.3 is 10.2 Å². The van der Waals surface area contributed by atoms with Crippen LogP contribution in [0.5, 0.6) is 0 Å². The Morgan fingerprint density at radius 2 is 1.94 bits per heavy atom. The molecule has 1 aliphatic rings. The predicted octanol–water partition coefficient (Wildman–Crippen LogP) is 1.87. The Morgan fingerprint density at radius 3 is 2.53 bits per heavy atom. The van der Waals surface area contributed by atoms with Crippen molar-refractivity contribution in [3.63, 3.8) is 0 Å². The summed E-state index contributed by atoms with van der Waals surface area (Å²) in [6.45, 7) is 5.47. The van der Waals surface area contributed by atoms with Crippen molar-refractivity contribution >= 4 is 18.4 Å². The zero-order valence-corrected chi connectivity index (χ0v) is 11.1. The van der Waals surface area contributed by atoms with Crippen LogP contribution in [-0.2, 0) is 0 Å². The molecule has 1 aromatic heterocycles. The maximum absolute atomic E-state index is 4.37. The lowest BCUT2D eigenvalue weighted by molar-refractivity contribution is 0.424. The number of hydrogen-bond donors (Lipinski definition) is 1. The first-order valence-electron chi connectivity index (χ1n) is 6.16. The Morgan fingerprint density at radius 1 is 1.29 bits per heavy atom. The van der Waals surface area contributed by atoms with E-state index in [4.69, 9.17) is 0 Å². The number of aromatic nitrogens is 2. The highest BCUT2D eigenvalue weighted by Crippen LogP contribution is 2.17. The van der Waals surface area contributed by atoms with E-state index in [0.29, 0.717) is 6.04 Å². The van der Waals surface area contributed by atoms with E-state index in [1.807, 2.05) is 18.5 Å². The number of nitrogens with one attached hydrogen (secondary N) is 1. The van der Waals surface area contributed by atoms with Crippen LogP contribution in [0.2, 0.25) is 0 Å². The van der Waals surface area contributed by atoms with Crippen molar-refractivity contribution in [2.75, 3.05) is 24.5 Å². The highest BCUT2D eigenvalue weighted by Gasteiger charge is 2.21. The highest BCUT2D eigenvalue weighted by atomic mass is 35.5. The Kier molecular flexibility index (Phi) is 6.22. The molecule has 1 aromatic rings. The molecule has 0 saturated carbocycles. The van der Waals surface area contributed by atoms with Crippen molar-refractivity contribution < 1.29 is 0 Å². The third-order valence-corrected chi connectivity index (χ3v) is 3.02. The molecule has 2 rings (SSSR count). The molecule has 1 N–H and O–H groups in total. The maximum Gasteiger partial charge on any atom is 0.225 e. The lowest BCUT2D eigenvalue weighted by Crippen LogP contribution is -2.44. The first-order valence-corrected chi connectivity index (χ1v) is 6.16. The highest BCUT2D eigenvalue weighted by molar-refractivity contribution is 5.85. The fraction of sp³-hybridized carbons (Fsp3) is 0.667. The number of hydrogen-bond acceptors (Lipinski definition) is 4. The first-order chi connectivity index (χ1) is 7.92. The molecule has 0 aliphatic carbocycles. The molecule has 0 unspecified atom stereocenters. The monoisotopic (exact) mass is 256 g/mol. The second-order valence-electron chi connectivity index (χ2n) is 4.22. The summed E-state index contributed by atoms with van der Waals surface area (Å²) in [6, 6.07) is 2.47. The summed E-state index contributed by atoms with van der Waals surface area (Å²) in [6.07, 6.45) is 7.18. The molecule has 0 radical (unpaired) electrons. The van der Waals surface area contributed by atoms with Gasteiger partial charge in [0.25, 0.3) is 0 Å². The van der Waals surface area contributed by atoms with Crippen LogP contribution >= 0.6 is 12.4 Å². The molecule has 4 nitrogen and oxygen atoms in total. The topological polar surface area (TPSA) is 41.1 Å². The molecule has 1 aliphatic heterocycles. The Hall–Kier alpha value is -0.870. The van der Waals surface area contributed by atoms with E-state index in [0.717, 1.165) is 32.0 Å². The van der Waals surface area contributed by atoms with Gasteiger partial charge in [-0.3, -0.25) is 0 Å². The van der Waals surface area contributed by atoms with Crippen LogP contribution in [0.4, 0.5) is 5.95 Å². The van der Waals surface area contributed by atoms with Crippen LogP contribution in [0.15, 0.2) is 18.5 Å². The van der Waals surface area contributed by atoms with Crippen LogP contribution in [0.1, 0.15) is 26.2 Å². The van der Waals surface area contributed by atoms with E-state index in [1.165, 1.54) is 12.8 Å². The van der Waals surface area contributed by atoms with E-state index in [1.54, 1.807) is 0 Å². The number of piperidine rings is 1. The standard InChI is InChI=1S/C12H20N4.ClH/c1-2-10-16(11-4-8-13-9-5-11)12-14-6-3-7-15-12;/h3,6-7,11,13H,2,4-5,8-10H2,1H3;1H. The predicted molar refractivity (Wildman–Crippen MR) is 72.8 cm³/mol. The molecule has 0 atom stereocenters. The number of rotatable bonds is 4. The quantitative estimate of drug-likeness (QED) is 0.893. The van der Waals surface area contributed by atoms with Crippen LogP contribution in [0.3, 0.4) is 0 Å². The molecular weight excluding hydrogens is 236 g/mol. The average Bonchev–Trinajstić information content (AvgIpc) is 2.38. The fourth-order valence-corrected chi connectivity index (χ4v) is 2.24. The van der Waals surface area contributed by atoms with Gasteiger partial charge in [0.15, 0.2) is 0 Å².